The highest BCUT2D eigenvalue weighted by atomic mass is 16.5. The SMILES string of the molecule is CCCCCCCCCCCCOc1ccc(N=C(N)N=C(N)N)cc1N=C(N)N=C(N)N. The maximum Gasteiger partial charge on any atom is 0.223 e. The summed E-state index contributed by atoms with van der Waals surface area (Å²) in [6, 6.07) is 5.05. The molecule has 0 amide bonds. The summed E-state index contributed by atoms with van der Waals surface area (Å²) in [4.78, 5) is 15.8. The van der Waals surface area contributed by atoms with Gasteiger partial charge in [0.1, 0.15) is 11.4 Å². The predicted octanol–water partition coefficient (Wildman–Crippen LogP) is 2.43. The van der Waals surface area contributed by atoms with Crippen molar-refractivity contribution in [1.29, 1.82) is 0 Å². The molecule has 11 heteroatoms. The van der Waals surface area contributed by atoms with E-state index in [1.807, 2.05) is 0 Å². The number of guanidine groups is 4. The van der Waals surface area contributed by atoms with Crippen molar-refractivity contribution in [1.82, 2.24) is 0 Å². The number of nitrogens with zero attached hydrogens (tertiary/aromatic N) is 4. The first-order valence-corrected chi connectivity index (χ1v) is 11.5. The van der Waals surface area contributed by atoms with Crippen LogP contribution in [0.5, 0.6) is 5.75 Å². The second-order valence-corrected chi connectivity index (χ2v) is 7.70. The van der Waals surface area contributed by atoms with Gasteiger partial charge in [0.25, 0.3) is 0 Å². The Hall–Kier alpha value is -3.50. The van der Waals surface area contributed by atoms with Crippen LogP contribution in [0.15, 0.2) is 38.2 Å². The first kappa shape index (κ1) is 27.5. The van der Waals surface area contributed by atoms with Crippen LogP contribution in [0.3, 0.4) is 0 Å². The van der Waals surface area contributed by atoms with E-state index in [0.29, 0.717) is 23.7 Å². The van der Waals surface area contributed by atoms with Crippen molar-refractivity contribution in [2.75, 3.05) is 6.61 Å². The lowest BCUT2D eigenvalue weighted by molar-refractivity contribution is 0.305. The summed E-state index contributed by atoms with van der Waals surface area (Å²) in [5.74, 6) is -0.0736. The Bertz CT molecular complexity index is 824. The minimum atomic E-state index is -0.199. The van der Waals surface area contributed by atoms with E-state index in [0.717, 1.165) is 12.8 Å². The molecule has 0 heterocycles. The summed E-state index contributed by atoms with van der Waals surface area (Å²) in [5.41, 5.74) is 33.7. The highest BCUT2D eigenvalue weighted by Gasteiger charge is 2.07. The van der Waals surface area contributed by atoms with E-state index in [2.05, 4.69) is 26.9 Å². The molecule has 12 N–H and O–H groups in total. The van der Waals surface area contributed by atoms with Crippen molar-refractivity contribution in [3.05, 3.63) is 18.2 Å². The molecule has 33 heavy (non-hydrogen) atoms. The first-order valence-electron chi connectivity index (χ1n) is 11.5. The fraction of sp³-hybridized carbons (Fsp3) is 0.545. The van der Waals surface area contributed by atoms with Crippen LogP contribution in [0, 0.1) is 0 Å². The van der Waals surface area contributed by atoms with E-state index in [4.69, 9.17) is 39.1 Å². The van der Waals surface area contributed by atoms with Crippen LogP contribution in [0.1, 0.15) is 71.1 Å². The van der Waals surface area contributed by atoms with Gasteiger partial charge in [-0.05, 0) is 24.6 Å². The van der Waals surface area contributed by atoms with Crippen LogP contribution >= 0.6 is 0 Å². The molecule has 0 aliphatic carbocycles. The quantitative estimate of drug-likeness (QED) is 0.138. The van der Waals surface area contributed by atoms with E-state index >= 15 is 0 Å². The molecule has 0 unspecified atom stereocenters. The highest BCUT2D eigenvalue weighted by Crippen LogP contribution is 2.32. The Balaban J connectivity index is 2.67. The van der Waals surface area contributed by atoms with E-state index in [-0.39, 0.29) is 23.8 Å². The first-order chi connectivity index (χ1) is 15.8. The summed E-state index contributed by atoms with van der Waals surface area (Å²) < 4.78 is 5.92. The maximum atomic E-state index is 5.92. The molecular formula is C22H40N10O. The van der Waals surface area contributed by atoms with Crippen molar-refractivity contribution in [3.63, 3.8) is 0 Å². The molecule has 0 aliphatic heterocycles. The Labute approximate surface area is 196 Å². The van der Waals surface area contributed by atoms with E-state index < -0.39 is 0 Å². The number of hydrogen-bond donors (Lipinski definition) is 6. The monoisotopic (exact) mass is 460 g/mol. The van der Waals surface area contributed by atoms with Crippen molar-refractivity contribution in [2.24, 2.45) is 54.4 Å². The van der Waals surface area contributed by atoms with Crippen molar-refractivity contribution in [3.8, 4) is 5.75 Å². The van der Waals surface area contributed by atoms with Gasteiger partial charge in [0.05, 0.1) is 12.3 Å². The van der Waals surface area contributed by atoms with Crippen LogP contribution in [0.2, 0.25) is 0 Å². The zero-order valence-electron chi connectivity index (χ0n) is 19.7. The highest BCUT2D eigenvalue weighted by molar-refractivity contribution is 5.95. The molecule has 184 valence electrons. The lowest BCUT2D eigenvalue weighted by Crippen LogP contribution is -2.26. The van der Waals surface area contributed by atoms with Crippen molar-refractivity contribution in [2.45, 2.75) is 71.1 Å². The number of ether oxygens (including phenoxy) is 1. The number of hydrogen-bond acceptors (Lipinski definition) is 3. The molecule has 0 saturated heterocycles. The molecule has 1 aromatic rings. The summed E-state index contributed by atoms with van der Waals surface area (Å²) in [6.45, 7) is 2.80. The molecule has 1 rings (SSSR count). The number of unbranched alkanes of at least 4 members (excludes halogenated alkanes) is 9. The normalized spacial score (nSPS) is 11.8. The van der Waals surface area contributed by atoms with Gasteiger partial charge in [-0.1, -0.05) is 64.7 Å². The van der Waals surface area contributed by atoms with Gasteiger partial charge in [-0.25, -0.2) is 9.98 Å². The second kappa shape index (κ2) is 16.2. The smallest absolute Gasteiger partial charge is 0.223 e. The van der Waals surface area contributed by atoms with Crippen molar-refractivity contribution >= 4 is 35.2 Å². The Morgan fingerprint density at radius 3 is 1.76 bits per heavy atom. The minimum Gasteiger partial charge on any atom is -0.491 e. The van der Waals surface area contributed by atoms with Crippen LogP contribution in [0.4, 0.5) is 11.4 Å². The number of rotatable bonds is 14. The zero-order valence-corrected chi connectivity index (χ0v) is 19.7. The summed E-state index contributed by atoms with van der Waals surface area (Å²) >= 11 is 0. The molecule has 0 fully saturated rings. The Morgan fingerprint density at radius 2 is 1.21 bits per heavy atom. The lowest BCUT2D eigenvalue weighted by Gasteiger charge is -2.10. The molecule has 0 aromatic heterocycles. The molecule has 0 spiro atoms. The number of aliphatic imine (C=N–C) groups is 4. The predicted molar refractivity (Wildman–Crippen MR) is 138 cm³/mol. The van der Waals surface area contributed by atoms with Gasteiger partial charge in [-0.3, -0.25) is 0 Å². The molecule has 0 atom stereocenters. The van der Waals surface area contributed by atoms with Gasteiger partial charge in [0.2, 0.25) is 11.9 Å². The van der Waals surface area contributed by atoms with Crippen LogP contribution in [-0.2, 0) is 0 Å². The average Bonchev–Trinajstić information content (AvgIpc) is 2.72. The largest absolute Gasteiger partial charge is 0.491 e. The van der Waals surface area contributed by atoms with Gasteiger partial charge < -0.3 is 39.1 Å². The average molecular weight is 461 g/mol. The summed E-state index contributed by atoms with van der Waals surface area (Å²) in [7, 11) is 0. The lowest BCUT2D eigenvalue weighted by atomic mass is 10.1. The molecule has 0 aliphatic rings. The van der Waals surface area contributed by atoms with E-state index in [9.17, 15) is 0 Å². The summed E-state index contributed by atoms with van der Waals surface area (Å²) in [6.07, 6.45) is 12.5. The molecule has 0 saturated carbocycles. The van der Waals surface area contributed by atoms with Crippen LogP contribution in [-0.4, -0.2) is 30.4 Å². The van der Waals surface area contributed by atoms with Crippen molar-refractivity contribution < 1.29 is 4.74 Å². The van der Waals surface area contributed by atoms with Gasteiger partial charge in [0, 0.05) is 0 Å². The maximum absolute atomic E-state index is 5.92. The van der Waals surface area contributed by atoms with Gasteiger partial charge in [-0.2, -0.15) is 9.98 Å². The standard InChI is InChI=1S/C22H40N10O/c1-2-3-4-5-6-7-8-9-10-11-14-33-18-13-12-16(29-21(27)31-19(23)24)15-17(18)30-22(28)32-20(25)26/h12-13,15H,2-11,14H2,1H3,(H6,23,24,27,29,31)(H6,25,26,28,30,32). The fourth-order valence-electron chi connectivity index (χ4n) is 3.13. The van der Waals surface area contributed by atoms with Gasteiger partial charge in [0.15, 0.2) is 11.9 Å². The third-order valence-electron chi connectivity index (χ3n) is 4.66. The second-order valence-electron chi connectivity index (χ2n) is 7.70. The Kier molecular flexibility index (Phi) is 13.5. The van der Waals surface area contributed by atoms with Gasteiger partial charge >= 0.3 is 0 Å². The molecule has 0 radical (unpaired) electrons. The minimum absolute atomic E-state index is 0.0962. The third kappa shape index (κ3) is 13.5. The molecule has 1 aromatic carbocycles. The third-order valence-corrected chi connectivity index (χ3v) is 4.66. The van der Waals surface area contributed by atoms with E-state index in [1.54, 1.807) is 18.2 Å². The van der Waals surface area contributed by atoms with Crippen LogP contribution < -0.4 is 39.1 Å². The number of benzene rings is 1. The van der Waals surface area contributed by atoms with Gasteiger partial charge in [-0.15, -0.1) is 0 Å². The topological polar surface area (TPSA) is 215 Å². The van der Waals surface area contributed by atoms with E-state index in [1.165, 1.54) is 51.4 Å². The fourth-order valence-corrected chi connectivity index (χ4v) is 3.13. The zero-order chi connectivity index (χ0) is 24.5. The number of nitrogens with two attached hydrogens (primary N) is 6. The van der Waals surface area contributed by atoms with Crippen LogP contribution in [0.25, 0.3) is 0 Å². The molecule has 11 nitrogen and oxygen atoms in total. The molecule has 0 bridgehead atoms. The molecular weight excluding hydrogens is 420 g/mol. The summed E-state index contributed by atoms with van der Waals surface area (Å²) in [5, 5.41) is 0. The Morgan fingerprint density at radius 1 is 0.697 bits per heavy atom.